The van der Waals surface area contributed by atoms with Crippen LogP contribution in [0.2, 0.25) is 0 Å². The van der Waals surface area contributed by atoms with Crippen LogP contribution in [-0.4, -0.2) is 38.6 Å². The van der Waals surface area contributed by atoms with E-state index >= 15 is 0 Å². The first kappa shape index (κ1) is 9.33. The largest absolute Gasteiger partial charge is 0.391 e. The Hall–Kier alpha value is -1.76. The third-order valence-corrected chi connectivity index (χ3v) is 1.18. The van der Waals surface area contributed by atoms with E-state index in [9.17, 15) is 9.59 Å². The molecule has 13 heavy (non-hydrogen) atoms. The van der Waals surface area contributed by atoms with Crippen molar-refractivity contribution in [1.29, 1.82) is 0 Å². The minimum atomic E-state index is -1.22. The van der Waals surface area contributed by atoms with Crippen LogP contribution >= 0.6 is 0 Å². The summed E-state index contributed by atoms with van der Waals surface area (Å²) in [7, 11) is 0. The molecule has 70 valence electrons. The highest BCUT2D eigenvalue weighted by Crippen LogP contribution is 2.05. The van der Waals surface area contributed by atoms with Crippen LogP contribution in [0.1, 0.15) is 6.42 Å². The topological polar surface area (TPSA) is 105 Å². The maximum atomic E-state index is 10.1. The van der Waals surface area contributed by atoms with E-state index in [1.54, 1.807) is 12.4 Å². The fourth-order valence-corrected chi connectivity index (χ4v) is 0.630. The van der Waals surface area contributed by atoms with Gasteiger partial charge in [0.25, 0.3) is 0 Å². The van der Waals surface area contributed by atoms with Gasteiger partial charge < -0.3 is 9.84 Å². The lowest BCUT2D eigenvalue weighted by Gasteiger charge is -1.86. The van der Waals surface area contributed by atoms with Gasteiger partial charge in [0.15, 0.2) is 6.10 Å². The van der Waals surface area contributed by atoms with Crippen molar-refractivity contribution in [3.05, 3.63) is 12.4 Å². The number of nitrogens with zero attached hydrogens (tertiary/aromatic N) is 2. The lowest BCUT2D eigenvalue weighted by molar-refractivity contribution is -0.154. The van der Waals surface area contributed by atoms with E-state index < -0.39 is 18.0 Å². The third kappa shape index (κ3) is 2.99. The lowest BCUT2D eigenvalue weighted by Crippen LogP contribution is -2.11. The van der Waals surface area contributed by atoms with E-state index in [2.05, 4.69) is 20.1 Å². The number of aliphatic hydroxyl groups excluding tert-OH is 1. The van der Waals surface area contributed by atoms with Gasteiger partial charge in [0.2, 0.25) is 0 Å². The van der Waals surface area contributed by atoms with Crippen molar-refractivity contribution in [2.24, 2.45) is 0 Å². The van der Waals surface area contributed by atoms with E-state index in [0.29, 0.717) is 0 Å². The van der Waals surface area contributed by atoms with Gasteiger partial charge in [-0.05, 0) is 0 Å². The molecule has 1 fully saturated rings. The van der Waals surface area contributed by atoms with E-state index in [1.165, 1.54) is 0 Å². The Bertz CT molecular complexity index is 267. The molecule has 1 aromatic heterocycles. The Morgan fingerprint density at radius 1 is 1.46 bits per heavy atom. The van der Waals surface area contributed by atoms with E-state index in [0.717, 1.165) is 0 Å². The number of nitrogens with one attached hydrogen (secondary N) is 1. The highest BCUT2D eigenvalue weighted by atomic mass is 16.6. The smallest absolute Gasteiger partial charge is 0.343 e. The highest BCUT2D eigenvalue weighted by molar-refractivity contribution is 5.95. The summed E-state index contributed by atoms with van der Waals surface area (Å²) in [5.74, 6) is -1.49. The molecule has 2 heterocycles. The molecule has 0 aromatic carbocycles. The van der Waals surface area contributed by atoms with Crippen molar-refractivity contribution in [1.82, 2.24) is 15.4 Å². The highest BCUT2D eigenvalue weighted by Gasteiger charge is 2.30. The molecule has 1 aliphatic heterocycles. The molecule has 7 heteroatoms. The second-order valence-corrected chi connectivity index (χ2v) is 2.17. The van der Waals surface area contributed by atoms with Gasteiger partial charge in [0.1, 0.15) is 0 Å². The molecule has 0 aliphatic carbocycles. The van der Waals surface area contributed by atoms with Gasteiger partial charge in [-0.3, -0.25) is 4.79 Å². The van der Waals surface area contributed by atoms with Gasteiger partial charge in [-0.25, -0.2) is 4.79 Å². The van der Waals surface area contributed by atoms with Crippen LogP contribution in [0.5, 0.6) is 0 Å². The van der Waals surface area contributed by atoms with Crippen molar-refractivity contribution < 1.29 is 19.4 Å². The maximum Gasteiger partial charge on any atom is 0.343 e. The Morgan fingerprint density at radius 3 is 2.23 bits per heavy atom. The Balaban J connectivity index is 0.000000145. The van der Waals surface area contributed by atoms with Crippen molar-refractivity contribution in [2.75, 3.05) is 0 Å². The number of H-pyrrole nitrogens is 1. The zero-order valence-electron chi connectivity index (χ0n) is 6.51. The number of cyclic esters (lactones) is 2. The van der Waals surface area contributed by atoms with Crippen molar-refractivity contribution in [2.45, 2.75) is 12.5 Å². The molecular weight excluding hydrogens is 178 g/mol. The normalized spacial score (nSPS) is 20.5. The zero-order valence-corrected chi connectivity index (χ0v) is 6.51. The number of esters is 2. The van der Waals surface area contributed by atoms with Crippen LogP contribution in [0.15, 0.2) is 12.4 Å². The molecule has 2 N–H and O–H groups in total. The number of carbonyl (C=O) groups is 2. The molecule has 7 nitrogen and oxygen atoms in total. The molecule has 0 amide bonds. The summed E-state index contributed by atoms with van der Waals surface area (Å²) in [5.41, 5.74) is 0. The summed E-state index contributed by atoms with van der Waals surface area (Å²) in [4.78, 5) is 20.2. The van der Waals surface area contributed by atoms with Gasteiger partial charge in [-0.15, -0.1) is 0 Å². The molecule has 0 spiro atoms. The van der Waals surface area contributed by atoms with Gasteiger partial charge in [-0.2, -0.15) is 15.4 Å². The summed E-state index contributed by atoms with van der Waals surface area (Å²) in [5, 5.41) is 17.8. The third-order valence-electron chi connectivity index (χ3n) is 1.18. The summed E-state index contributed by atoms with van der Waals surface area (Å²) < 4.78 is 3.95. The number of aliphatic hydroxyl groups is 1. The first-order valence-corrected chi connectivity index (χ1v) is 3.42. The molecule has 1 saturated heterocycles. The number of aromatic amines is 1. The van der Waals surface area contributed by atoms with Gasteiger partial charge in [0.05, 0.1) is 18.8 Å². The van der Waals surface area contributed by atoms with Gasteiger partial charge in [-0.1, -0.05) is 0 Å². The van der Waals surface area contributed by atoms with Crippen molar-refractivity contribution in [3.63, 3.8) is 0 Å². The van der Waals surface area contributed by atoms with Crippen LogP contribution in [0.3, 0.4) is 0 Å². The monoisotopic (exact) mass is 185 g/mol. The Kier molecular flexibility index (Phi) is 3.09. The van der Waals surface area contributed by atoms with E-state index in [-0.39, 0.29) is 6.42 Å². The predicted molar refractivity (Wildman–Crippen MR) is 38.1 cm³/mol. The van der Waals surface area contributed by atoms with Crippen LogP contribution in [0.25, 0.3) is 0 Å². The number of aromatic nitrogens is 3. The lowest BCUT2D eigenvalue weighted by atomic mass is 10.3. The number of rotatable bonds is 0. The average Bonchev–Trinajstić information content (AvgIpc) is 2.66. The second kappa shape index (κ2) is 4.31. The fourth-order valence-electron chi connectivity index (χ4n) is 0.630. The zero-order chi connectivity index (χ0) is 9.68. The van der Waals surface area contributed by atoms with Gasteiger partial charge >= 0.3 is 11.9 Å². The van der Waals surface area contributed by atoms with Crippen LogP contribution in [0, 0.1) is 0 Å². The summed E-state index contributed by atoms with van der Waals surface area (Å²) in [6, 6.07) is 0. The predicted octanol–water partition coefficient (Wildman–Crippen LogP) is -1.37. The SMILES string of the molecule is O=C1CC(O)C(=O)O1.c1cn[nH]n1. The molecular formula is C6H7N3O4. The first-order chi connectivity index (χ1) is 6.20. The number of hydrogen-bond acceptors (Lipinski definition) is 6. The number of carbonyl (C=O) groups excluding carboxylic acids is 2. The minimum Gasteiger partial charge on any atom is -0.391 e. The average molecular weight is 185 g/mol. The van der Waals surface area contributed by atoms with Crippen LogP contribution in [0.4, 0.5) is 0 Å². The molecule has 2 rings (SSSR count). The molecule has 0 saturated carbocycles. The van der Waals surface area contributed by atoms with Crippen molar-refractivity contribution >= 4 is 11.9 Å². The molecule has 0 radical (unpaired) electrons. The quantitative estimate of drug-likeness (QED) is 0.381. The minimum absolute atomic E-state index is 0.196. The van der Waals surface area contributed by atoms with Crippen LogP contribution in [-0.2, 0) is 14.3 Å². The molecule has 0 bridgehead atoms. The Morgan fingerprint density at radius 2 is 2.08 bits per heavy atom. The summed E-state index contributed by atoms with van der Waals surface area (Å²) >= 11 is 0. The second-order valence-electron chi connectivity index (χ2n) is 2.17. The summed E-state index contributed by atoms with van der Waals surface area (Å²) in [6.45, 7) is 0. The number of ether oxygens (including phenoxy) is 1. The maximum absolute atomic E-state index is 10.1. The molecule has 1 aliphatic rings. The molecule has 1 atom stereocenters. The number of hydrogen-bond donors (Lipinski definition) is 2. The summed E-state index contributed by atoms with van der Waals surface area (Å²) in [6.07, 6.45) is 1.75. The van der Waals surface area contributed by atoms with Crippen molar-refractivity contribution in [3.8, 4) is 0 Å². The van der Waals surface area contributed by atoms with E-state index in [4.69, 9.17) is 5.11 Å². The molecule has 1 aromatic rings. The molecule has 1 unspecified atom stereocenters. The van der Waals surface area contributed by atoms with Gasteiger partial charge in [0, 0.05) is 0 Å². The first-order valence-electron chi connectivity index (χ1n) is 3.42. The standard InChI is InChI=1S/C4H4O4.C2H3N3/c5-2-1-3(6)8-4(2)7;1-2-4-5-3-1/h2,5H,1H2;1-2H,(H,3,4,5). The Labute approximate surface area is 72.7 Å². The van der Waals surface area contributed by atoms with E-state index in [1.807, 2.05) is 0 Å². The fraction of sp³-hybridized carbons (Fsp3) is 0.333. The van der Waals surface area contributed by atoms with Crippen LogP contribution < -0.4 is 0 Å².